The summed E-state index contributed by atoms with van der Waals surface area (Å²) in [5, 5.41) is 0.0267. The van der Waals surface area contributed by atoms with Gasteiger partial charge in [-0.25, -0.2) is 4.98 Å². The smallest absolute Gasteiger partial charge is 0.445 e. The van der Waals surface area contributed by atoms with Crippen LogP contribution in [0.1, 0.15) is 0 Å². The number of nitrogens with zero attached hydrogens (tertiary/aromatic N) is 1. The van der Waals surface area contributed by atoms with Crippen LogP contribution in [-0.4, -0.2) is 12.0 Å². The molecule has 1 aromatic rings. The van der Waals surface area contributed by atoms with E-state index in [1.165, 1.54) is 0 Å². The molecule has 66 valence electrons. The third-order valence-electron chi connectivity index (χ3n) is 1.20. The van der Waals surface area contributed by atoms with Gasteiger partial charge in [-0.2, -0.15) is 0 Å². The molecule has 8 heteroatoms. The molecular formula is C5H2BBrClF3KN. The van der Waals surface area contributed by atoms with Crippen molar-refractivity contribution in [3.63, 3.8) is 0 Å². The summed E-state index contributed by atoms with van der Waals surface area (Å²) in [5.74, 6) is 0. The second kappa shape index (κ2) is 5.48. The van der Waals surface area contributed by atoms with Gasteiger partial charge in [0.1, 0.15) is 5.15 Å². The molecule has 0 N–H and O–H groups in total. The van der Waals surface area contributed by atoms with Gasteiger partial charge in [0.15, 0.2) is 0 Å². The largest absolute Gasteiger partial charge is 1.00 e. The molecule has 0 spiro atoms. The van der Waals surface area contributed by atoms with Crippen molar-refractivity contribution in [2.45, 2.75) is 0 Å². The molecule has 0 aliphatic heterocycles. The van der Waals surface area contributed by atoms with E-state index < -0.39 is 12.4 Å². The predicted molar refractivity (Wildman–Crippen MR) is 45.7 cm³/mol. The second-order valence-corrected chi connectivity index (χ2v) is 3.33. The van der Waals surface area contributed by atoms with Gasteiger partial charge in [0.25, 0.3) is 0 Å². The number of halogens is 5. The number of rotatable bonds is 1. The normalized spacial score (nSPS) is 10.8. The van der Waals surface area contributed by atoms with Crippen LogP contribution >= 0.6 is 27.5 Å². The Kier molecular flexibility index (Phi) is 6.08. The first-order valence-corrected chi connectivity index (χ1v) is 4.09. The van der Waals surface area contributed by atoms with E-state index in [4.69, 9.17) is 11.6 Å². The Bertz CT molecular complexity index is 308. The van der Waals surface area contributed by atoms with E-state index in [-0.39, 0.29) is 61.0 Å². The van der Waals surface area contributed by atoms with E-state index in [1.807, 2.05) is 0 Å². The average Bonchev–Trinajstić information content (AvgIpc) is 1.92. The maximum absolute atomic E-state index is 12.1. The van der Waals surface area contributed by atoms with Gasteiger partial charge in [0, 0.05) is 6.20 Å². The van der Waals surface area contributed by atoms with E-state index >= 15 is 0 Å². The molecule has 0 amide bonds. The molecule has 1 aromatic heterocycles. The van der Waals surface area contributed by atoms with Gasteiger partial charge in [0.2, 0.25) is 0 Å². The van der Waals surface area contributed by atoms with Gasteiger partial charge >= 0.3 is 58.4 Å². The quantitative estimate of drug-likeness (QED) is 0.506. The predicted octanol–water partition coefficient (Wildman–Crippen LogP) is -0.444. The minimum atomic E-state index is -4.99. The van der Waals surface area contributed by atoms with Crippen LogP contribution in [0, 0.1) is 0 Å². The van der Waals surface area contributed by atoms with Crippen LogP contribution in [0.25, 0.3) is 0 Å². The van der Waals surface area contributed by atoms with Gasteiger partial charge < -0.3 is 12.9 Å². The van der Waals surface area contributed by atoms with Crippen molar-refractivity contribution in [3.05, 3.63) is 21.9 Å². The molecule has 1 heterocycles. The fourth-order valence-electron chi connectivity index (χ4n) is 0.615. The standard InChI is InChI=1S/C5H2BBrClF3N.K/c7-4-1-3(6(9,10)11)2-12-5(4)8;/h1-2H;/q-1;+1. The fourth-order valence-corrected chi connectivity index (χ4v) is 1.09. The van der Waals surface area contributed by atoms with E-state index in [0.717, 1.165) is 6.07 Å². The Morgan fingerprint density at radius 2 is 1.92 bits per heavy atom. The zero-order chi connectivity index (χ0) is 9.35. The summed E-state index contributed by atoms with van der Waals surface area (Å²) in [5.41, 5.74) is -0.758. The topological polar surface area (TPSA) is 12.9 Å². The van der Waals surface area contributed by atoms with E-state index in [2.05, 4.69) is 20.9 Å². The van der Waals surface area contributed by atoms with Crippen LogP contribution in [0.4, 0.5) is 12.9 Å². The molecule has 1 rings (SSSR count). The fraction of sp³-hybridized carbons (Fsp3) is 0. The number of pyridine rings is 1. The van der Waals surface area contributed by atoms with Gasteiger partial charge in [-0.05, 0) is 15.9 Å². The van der Waals surface area contributed by atoms with E-state index in [9.17, 15) is 12.9 Å². The van der Waals surface area contributed by atoms with Crippen LogP contribution in [0.15, 0.2) is 16.7 Å². The number of hydrogen-bond donors (Lipinski definition) is 0. The molecule has 0 saturated heterocycles. The molecule has 0 radical (unpaired) electrons. The summed E-state index contributed by atoms with van der Waals surface area (Å²) in [6, 6.07) is 0.912. The van der Waals surface area contributed by atoms with Crippen molar-refractivity contribution in [1.82, 2.24) is 4.98 Å². The molecule has 0 saturated carbocycles. The number of aromatic nitrogens is 1. The van der Waals surface area contributed by atoms with E-state index in [1.54, 1.807) is 0 Å². The van der Waals surface area contributed by atoms with Crippen molar-refractivity contribution in [2.24, 2.45) is 0 Å². The van der Waals surface area contributed by atoms with Crippen molar-refractivity contribution >= 4 is 40.0 Å². The molecule has 0 aliphatic rings. The monoisotopic (exact) mass is 297 g/mol. The Balaban J connectivity index is 0.00000144. The SMILES string of the molecule is F[B-](F)(F)c1cnc(Cl)c(Br)c1.[K+]. The first-order valence-electron chi connectivity index (χ1n) is 2.92. The van der Waals surface area contributed by atoms with Crippen molar-refractivity contribution in [3.8, 4) is 0 Å². The maximum Gasteiger partial charge on any atom is 1.00 e. The van der Waals surface area contributed by atoms with Crippen LogP contribution in [-0.2, 0) is 0 Å². The molecule has 0 aliphatic carbocycles. The summed E-state index contributed by atoms with van der Waals surface area (Å²) in [6.07, 6.45) is 0.715. The Labute approximate surface area is 129 Å². The van der Waals surface area contributed by atoms with Crippen LogP contribution in [0.2, 0.25) is 5.15 Å². The zero-order valence-electron chi connectivity index (χ0n) is 6.57. The van der Waals surface area contributed by atoms with Crippen LogP contribution in [0.3, 0.4) is 0 Å². The number of hydrogen-bond acceptors (Lipinski definition) is 1. The average molecular weight is 298 g/mol. The summed E-state index contributed by atoms with van der Waals surface area (Å²) < 4.78 is 36.3. The Hall–Kier alpha value is 1.41. The molecule has 0 atom stereocenters. The van der Waals surface area contributed by atoms with Gasteiger partial charge in [-0.3, -0.25) is 0 Å². The maximum atomic E-state index is 12.1. The first-order chi connectivity index (χ1) is 5.41. The van der Waals surface area contributed by atoms with Crippen LogP contribution < -0.4 is 56.8 Å². The summed E-state index contributed by atoms with van der Waals surface area (Å²) >= 11 is 8.27. The molecule has 0 aromatic carbocycles. The van der Waals surface area contributed by atoms with Crippen molar-refractivity contribution in [1.29, 1.82) is 0 Å². The van der Waals surface area contributed by atoms with Gasteiger partial charge in [-0.1, -0.05) is 23.1 Å². The Morgan fingerprint density at radius 1 is 1.38 bits per heavy atom. The van der Waals surface area contributed by atoms with Crippen molar-refractivity contribution < 1.29 is 64.3 Å². The van der Waals surface area contributed by atoms with Gasteiger partial charge in [-0.15, -0.1) is 0 Å². The van der Waals surface area contributed by atoms with E-state index in [0.29, 0.717) is 6.20 Å². The summed E-state index contributed by atoms with van der Waals surface area (Å²) in [7, 11) is 0. The zero-order valence-corrected chi connectivity index (χ0v) is 12.0. The minimum absolute atomic E-state index is 0. The van der Waals surface area contributed by atoms with Crippen LogP contribution in [0.5, 0.6) is 0 Å². The van der Waals surface area contributed by atoms with Gasteiger partial charge in [0.05, 0.1) is 4.47 Å². The minimum Gasteiger partial charge on any atom is -0.445 e. The third-order valence-corrected chi connectivity index (χ3v) is 2.33. The molecule has 13 heavy (non-hydrogen) atoms. The first kappa shape index (κ1) is 14.4. The molecule has 0 bridgehead atoms. The van der Waals surface area contributed by atoms with Crippen molar-refractivity contribution in [2.75, 3.05) is 0 Å². The molecule has 1 nitrogen and oxygen atoms in total. The Morgan fingerprint density at radius 3 is 2.31 bits per heavy atom. The molecule has 0 fully saturated rings. The summed E-state index contributed by atoms with van der Waals surface area (Å²) in [4.78, 5) is 3.36. The molecule has 0 unspecified atom stereocenters. The summed E-state index contributed by atoms with van der Waals surface area (Å²) in [6.45, 7) is -4.99. The second-order valence-electron chi connectivity index (χ2n) is 2.12. The molecular weight excluding hydrogens is 296 g/mol. The third kappa shape index (κ3) is 4.19.